The Bertz CT molecular complexity index is 457. The molecule has 0 amide bonds. The molecule has 0 saturated carbocycles. The van der Waals surface area contributed by atoms with Gasteiger partial charge in [-0.15, -0.1) is 0 Å². The minimum atomic E-state index is -2.92. The summed E-state index contributed by atoms with van der Waals surface area (Å²) < 4.78 is 23.2. The number of sulfone groups is 1. The number of hydrogen-bond donors (Lipinski definition) is 1. The van der Waals surface area contributed by atoms with Crippen molar-refractivity contribution in [1.29, 1.82) is 0 Å². The Morgan fingerprint density at radius 1 is 1.29 bits per heavy atom. The Morgan fingerprint density at radius 3 is 2.59 bits per heavy atom. The van der Waals surface area contributed by atoms with Gasteiger partial charge in [-0.3, -0.25) is 0 Å². The van der Waals surface area contributed by atoms with Gasteiger partial charge in [0.25, 0.3) is 0 Å². The van der Waals surface area contributed by atoms with Crippen molar-refractivity contribution in [3.63, 3.8) is 0 Å². The van der Waals surface area contributed by atoms with Crippen molar-refractivity contribution in [3.05, 3.63) is 24.3 Å². The van der Waals surface area contributed by atoms with Crippen LogP contribution in [0.25, 0.3) is 0 Å². The number of nitrogen functional groups attached to an aromatic ring is 1. The van der Waals surface area contributed by atoms with Crippen LogP contribution in [0.2, 0.25) is 0 Å². The van der Waals surface area contributed by atoms with Gasteiger partial charge < -0.3 is 10.6 Å². The van der Waals surface area contributed by atoms with Crippen molar-refractivity contribution >= 4 is 21.2 Å². The molecule has 0 aliphatic heterocycles. The molecule has 0 unspecified atom stereocenters. The molecule has 0 atom stereocenters. The molecule has 0 heterocycles. The van der Waals surface area contributed by atoms with Crippen molar-refractivity contribution in [2.24, 2.45) is 0 Å². The Hall–Kier alpha value is -1.23. The van der Waals surface area contributed by atoms with Crippen molar-refractivity contribution < 1.29 is 8.42 Å². The molecule has 0 saturated heterocycles. The second kappa shape index (κ2) is 5.91. The fourth-order valence-electron chi connectivity index (χ4n) is 1.58. The van der Waals surface area contributed by atoms with Gasteiger partial charge in [-0.2, -0.15) is 0 Å². The van der Waals surface area contributed by atoms with Crippen LogP contribution in [0.3, 0.4) is 0 Å². The van der Waals surface area contributed by atoms with E-state index >= 15 is 0 Å². The minimum Gasteiger partial charge on any atom is -0.399 e. The van der Waals surface area contributed by atoms with Gasteiger partial charge in [0.05, 0.1) is 5.75 Å². The normalized spacial score (nSPS) is 11.4. The zero-order chi connectivity index (χ0) is 12.9. The lowest BCUT2D eigenvalue weighted by atomic mass is 10.2. The van der Waals surface area contributed by atoms with Gasteiger partial charge in [-0.05, 0) is 24.6 Å². The summed E-state index contributed by atoms with van der Waals surface area (Å²) in [6.45, 7) is 2.37. The van der Waals surface area contributed by atoms with E-state index in [2.05, 4.69) is 0 Å². The van der Waals surface area contributed by atoms with Gasteiger partial charge in [-0.25, -0.2) is 8.42 Å². The van der Waals surface area contributed by atoms with Gasteiger partial charge in [0, 0.05) is 30.7 Å². The molecule has 1 aromatic carbocycles. The fraction of sp³-hybridized carbons (Fsp3) is 0.500. The monoisotopic (exact) mass is 256 g/mol. The van der Waals surface area contributed by atoms with E-state index in [1.165, 1.54) is 0 Å². The van der Waals surface area contributed by atoms with Crippen LogP contribution in [-0.4, -0.2) is 33.5 Å². The molecule has 1 aromatic rings. The van der Waals surface area contributed by atoms with Crippen LogP contribution in [0, 0.1) is 0 Å². The lowest BCUT2D eigenvalue weighted by Gasteiger charge is -2.19. The summed E-state index contributed by atoms with van der Waals surface area (Å²) in [5.41, 5.74) is 7.31. The van der Waals surface area contributed by atoms with E-state index in [-0.39, 0.29) is 11.5 Å². The number of hydrogen-bond acceptors (Lipinski definition) is 4. The summed E-state index contributed by atoms with van der Waals surface area (Å²) >= 11 is 0. The molecule has 0 bridgehead atoms. The highest BCUT2D eigenvalue weighted by molar-refractivity contribution is 7.91. The highest BCUT2D eigenvalue weighted by atomic mass is 32.2. The maximum absolute atomic E-state index is 11.6. The van der Waals surface area contributed by atoms with Crippen LogP contribution < -0.4 is 10.6 Å². The Morgan fingerprint density at radius 2 is 2.00 bits per heavy atom. The van der Waals surface area contributed by atoms with E-state index in [1.54, 1.807) is 0 Å². The topological polar surface area (TPSA) is 63.4 Å². The molecule has 96 valence electrons. The molecule has 0 fully saturated rings. The summed E-state index contributed by atoms with van der Waals surface area (Å²) in [5.74, 6) is 0.448. The summed E-state index contributed by atoms with van der Waals surface area (Å²) in [4.78, 5) is 1.91. The van der Waals surface area contributed by atoms with E-state index in [0.717, 1.165) is 5.69 Å². The standard InChI is InChI=1S/C12H20N2O2S/c1-3-8-17(15,16)9-7-14(2)12-6-4-5-11(13)10-12/h4-6,10H,3,7-9,13H2,1-2H3. The van der Waals surface area contributed by atoms with Crippen LogP contribution in [0.1, 0.15) is 13.3 Å². The molecule has 0 aromatic heterocycles. The zero-order valence-corrected chi connectivity index (χ0v) is 11.2. The molecule has 4 nitrogen and oxygen atoms in total. The number of anilines is 2. The lowest BCUT2D eigenvalue weighted by Crippen LogP contribution is -2.26. The first-order valence-corrected chi connectivity index (χ1v) is 7.54. The quantitative estimate of drug-likeness (QED) is 0.784. The highest BCUT2D eigenvalue weighted by Gasteiger charge is 2.11. The smallest absolute Gasteiger partial charge is 0.152 e. The fourth-order valence-corrected chi connectivity index (χ4v) is 2.96. The first kappa shape index (κ1) is 13.8. The Kier molecular flexibility index (Phi) is 4.81. The molecule has 0 aliphatic rings. The Balaban J connectivity index is 2.59. The van der Waals surface area contributed by atoms with Crippen LogP contribution in [0.5, 0.6) is 0 Å². The van der Waals surface area contributed by atoms with Crippen LogP contribution in [-0.2, 0) is 9.84 Å². The van der Waals surface area contributed by atoms with E-state index < -0.39 is 9.84 Å². The van der Waals surface area contributed by atoms with Gasteiger partial charge >= 0.3 is 0 Å². The first-order valence-electron chi connectivity index (χ1n) is 5.71. The van der Waals surface area contributed by atoms with Crippen molar-refractivity contribution in [2.75, 3.05) is 35.7 Å². The first-order chi connectivity index (χ1) is 7.94. The predicted molar refractivity (Wildman–Crippen MR) is 73.1 cm³/mol. The van der Waals surface area contributed by atoms with Crippen LogP contribution in [0.4, 0.5) is 11.4 Å². The zero-order valence-electron chi connectivity index (χ0n) is 10.4. The maximum Gasteiger partial charge on any atom is 0.152 e. The minimum absolute atomic E-state index is 0.187. The number of nitrogens with zero attached hydrogens (tertiary/aromatic N) is 1. The van der Waals surface area contributed by atoms with E-state index in [0.29, 0.717) is 18.7 Å². The molecule has 5 heteroatoms. The average Bonchev–Trinajstić information content (AvgIpc) is 2.26. The van der Waals surface area contributed by atoms with Crippen molar-refractivity contribution in [2.45, 2.75) is 13.3 Å². The number of benzene rings is 1. The number of rotatable bonds is 6. The number of nitrogens with two attached hydrogens (primary N) is 1. The van der Waals surface area contributed by atoms with Gasteiger partial charge in [-0.1, -0.05) is 13.0 Å². The third-order valence-corrected chi connectivity index (χ3v) is 4.40. The van der Waals surface area contributed by atoms with Crippen molar-refractivity contribution in [1.82, 2.24) is 0 Å². The van der Waals surface area contributed by atoms with E-state index in [1.807, 2.05) is 43.1 Å². The molecule has 2 N–H and O–H groups in total. The van der Waals surface area contributed by atoms with Crippen LogP contribution >= 0.6 is 0 Å². The highest BCUT2D eigenvalue weighted by Crippen LogP contribution is 2.15. The third-order valence-electron chi connectivity index (χ3n) is 2.56. The maximum atomic E-state index is 11.6. The van der Waals surface area contributed by atoms with Gasteiger partial charge in [0.2, 0.25) is 0 Å². The molecule has 0 radical (unpaired) electrons. The summed E-state index contributed by atoms with van der Waals surface area (Å²) in [6, 6.07) is 7.43. The van der Waals surface area contributed by atoms with E-state index in [9.17, 15) is 8.42 Å². The predicted octanol–water partition coefficient (Wildman–Crippen LogP) is 1.53. The SMILES string of the molecule is CCCS(=O)(=O)CCN(C)c1cccc(N)c1. The largest absolute Gasteiger partial charge is 0.399 e. The molecule has 17 heavy (non-hydrogen) atoms. The summed E-state index contributed by atoms with van der Waals surface area (Å²) in [6.07, 6.45) is 0.671. The summed E-state index contributed by atoms with van der Waals surface area (Å²) in [7, 11) is -1.05. The molecular formula is C12H20N2O2S. The molecule has 0 spiro atoms. The Labute approximate surface area is 103 Å². The third kappa shape index (κ3) is 4.65. The second-order valence-electron chi connectivity index (χ2n) is 4.17. The van der Waals surface area contributed by atoms with Gasteiger partial charge in [0.1, 0.15) is 0 Å². The average molecular weight is 256 g/mol. The van der Waals surface area contributed by atoms with Crippen molar-refractivity contribution in [3.8, 4) is 0 Å². The second-order valence-corrected chi connectivity index (χ2v) is 6.47. The lowest BCUT2D eigenvalue weighted by molar-refractivity contribution is 0.594. The van der Waals surface area contributed by atoms with Crippen LogP contribution in [0.15, 0.2) is 24.3 Å². The molecular weight excluding hydrogens is 236 g/mol. The molecule has 0 aliphatic carbocycles. The summed E-state index contributed by atoms with van der Waals surface area (Å²) in [5, 5.41) is 0. The van der Waals surface area contributed by atoms with Gasteiger partial charge in [0.15, 0.2) is 9.84 Å². The molecule has 1 rings (SSSR count). The van der Waals surface area contributed by atoms with E-state index in [4.69, 9.17) is 5.73 Å².